The van der Waals surface area contributed by atoms with Crippen molar-refractivity contribution in [2.24, 2.45) is 5.73 Å². The number of anilines is 2. The van der Waals surface area contributed by atoms with E-state index in [2.05, 4.69) is 21.8 Å². The monoisotopic (exact) mass is 387 g/mol. The average Bonchev–Trinajstić information content (AvgIpc) is 2.73. The van der Waals surface area contributed by atoms with E-state index in [1.807, 2.05) is 36.4 Å². The zero-order valence-corrected chi connectivity index (χ0v) is 16.5. The quantitative estimate of drug-likeness (QED) is 0.593. The van der Waals surface area contributed by atoms with Gasteiger partial charge in [-0.3, -0.25) is 15.4 Å². The SMILES string of the molecule is C[C@]1(N)CCCN(c2cccc(C(=N)c3cc(-c4cccnc4)ncc3N)n2)C1. The number of rotatable bonds is 4. The number of nitrogens with one attached hydrogen (secondary N) is 1. The van der Waals surface area contributed by atoms with Gasteiger partial charge in [-0.05, 0) is 50.1 Å². The molecule has 0 aliphatic carbocycles. The maximum Gasteiger partial charge on any atom is 0.129 e. The van der Waals surface area contributed by atoms with Crippen LogP contribution in [0.25, 0.3) is 11.3 Å². The Morgan fingerprint density at radius 1 is 1.21 bits per heavy atom. The van der Waals surface area contributed by atoms with Crippen molar-refractivity contribution in [1.82, 2.24) is 15.0 Å². The molecule has 0 aromatic carbocycles. The molecule has 7 heteroatoms. The Morgan fingerprint density at radius 3 is 2.83 bits per heavy atom. The first-order valence-corrected chi connectivity index (χ1v) is 9.69. The van der Waals surface area contributed by atoms with Crippen molar-refractivity contribution in [3.05, 3.63) is 66.2 Å². The average molecular weight is 387 g/mol. The van der Waals surface area contributed by atoms with Crippen LogP contribution < -0.4 is 16.4 Å². The Balaban J connectivity index is 1.65. The van der Waals surface area contributed by atoms with Gasteiger partial charge in [0.25, 0.3) is 0 Å². The molecule has 1 atom stereocenters. The summed E-state index contributed by atoms with van der Waals surface area (Å²) in [5, 5.41) is 8.73. The van der Waals surface area contributed by atoms with Crippen LogP contribution in [0.4, 0.5) is 11.5 Å². The van der Waals surface area contributed by atoms with Crippen LogP contribution in [0.3, 0.4) is 0 Å². The van der Waals surface area contributed by atoms with Crippen molar-refractivity contribution in [2.45, 2.75) is 25.3 Å². The molecule has 1 saturated heterocycles. The van der Waals surface area contributed by atoms with E-state index in [4.69, 9.17) is 21.9 Å². The molecule has 3 aromatic rings. The summed E-state index contributed by atoms with van der Waals surface area (Å²) < 4.78 is 0. The van der Waals surface area contributed by atoms with Gasteiger partial charge in [0.1, 0.15) is 5.82 Å². The van der Waals surface area contributed by atoms with Crippen LogP contribution in [0.15, 0.2) is 55.0 Å². The van der Waals surface area contributed by atoms with Gasteiger partial charge in [0.2, 0.25) is 0 Å². The fourth-order valence-electron chi connectivity index (χ4n) is 3.69. The van der Waals surface area contributed by atoms with Crippen molar-refractivity contribution in [3.8, 4) is 11.3 Å². The lowest BCUT2D eigenvalue weighted by Gasteiger charge is -2.38. The van der Waals surface area contributed by atoms with Gasteiger partial charge in [-0.25, -0.2) is 4.98 Å². The van der Waals surface area contributed by atoms with Gasteiger partial charge in [0, 0.05) is 42.1 Å². The summed E-state index contributed by atoms with van der Waals surface area (Å²) in [5.41, 5.74) is 15.8. The molecule has 0 bridgehead atoms. The van der Waals surface area contributed by atoms with Crippen LogP contribution >= 0.6 is 0 Å². The second-order valence-corrected chi connectivity index (χ2v) is 7.83. The topological polar surface area (TPSA) is 118 Å². The van der Waals surface area contributed by atoms with E-state index in [9.17, 15) is 0 Å². The molecule has 1 aliphatic rings. The highest BCUT2D eigenvalue weighted by molar-refractivity contribution is 6.13. The smallest absolute Gasteiger partial charge is 0.129 e. The summed E-state index contributed by atoms with van der Waals surface area (Å²) in [6.07, 6.45) is 7.07. The zero-order chi connectivity index (χ0) is 20.4. The normalized spacial score (nSPS) is 19.2. The van der Waals surface area contributed by atoms with Crippen LogP contribution in [0, 0.1) is 5.41 Å². The molecule has 0 amide bonds. The fraction of sp³-hybridized carbons (Fsp3) is 0.273. The van der Waals surface area contributed by atoms with E-state index in [-0.39, 0.29) is 11.3 Å². The number of hydrogen-bond acceptors (Lipinski definition) is 7. The lowest BCUT2D eigenvalue weighted by Crippen LogP contribution is -2.52. The highest BCUT2D eigenvalue weighted by atomic mass is 15.2. The molecular formula is C22H25N7. The first-order valence-electron chi connectivity index (χ1n) is 9.69. The molecule has 0 radical (unpaired) electrons. The third-order valence-corrected chi connectivity index (χ3v) is 5.20. The minimum absolute atomic E-state index is 0.225. The number of piperidine rings is 1. The second-order valence-electron chi connectivity index (χ2n) is 7.83. The number of pyridine rings is 3. The lowest BCUT2D eigenvalue weighted by molar-refractivity contribution is 0.373. The summed E-state index contributed by atoms with van der Waals surface area (Å²) in [6.45, 7) is 3.74. The summed E-state index contributed by atoms with van der Waals surface area (Å²) in [7, 11) is 0. The molecule has 0 spiro atoms. The Labute approximate surface area is 170 Å². The first-order chi connectivity index (χ1) is 13.9. The van der Waals surface area contributed by atoms with Crippen LogP contribution in [0.2, 0.25) is 0 Å². The molecule has 4 heterocycles. The summed E-state index contributed by atoms with van der Waals surface area (Å²) >= 11 is 0. The number of nitrogens with zero attached hydrogens (tertiary/aromatic N) is 4. The fourth-order valence-corrected chi connectivity index (χ4v) is 3.69. The Kier molecular flexibility index (Phi) is 4.98. The first kappa shape index (κ1) is 19.0. The minimum atomic E-state index is -0.225. The highest BCUT2D eigenvalue weighted by Crippen LogP contribution is 2.25. The van der Waals surface area contributed by atoms with Crippen LogP contribution in [0.1, 0.15) is 31.0 Å². The van der Waals surface area contributed by atoms with Crippen molar-refractivity contribution in [3.63, 3.8) is 0 Å². The number of hydrogen-bond donors (Lipinski definition) is 3. The molecule has 0 saturated carbocycles. The van der Waals surface area contributed by atoms with Crippen LogP contribution in [0.5, 0.6) is 0 Å². The molecule has 1 fully saturated rings. The Bertz CT molecular complexity index is 1030. The third-order valence-electron chi connectivity index (χ3n) is 5.20. The van der Waals surface area contributed by atoms with Crippen molar-refractivity contribution < 1.29 is 0 Å². The molecule has 3 aromatic heterocycles. The maximum atomic E-state index is 8.73. The Hall–Kier alpha value is -3.32. The van der Waals surface area contributed by atoms with Gasteiger partial charge < -0.3 is 16.4 Å². The number of aromatic nitrogens is 3. The largest absolute Gasteiger partial charge is 0.397 e. The lowest BCUT2D eigenvalue weighted by atomic mass is 9.92. The van der Waals surface area contributed by atoms with E-state index >= 15 is 0 Å². The molecule has 5 N–H and O–H groups in total. The molecule has 4 rings (SSSR count). The van der Waals surface area contributed by atoms with Crippen molar-refractivity contribution in [1.29, 1.82) is 5.41 Å². The van der Waals surface area contributed by atoms with Crippen LogP contribution in [-0.2, 0) is 0 Å². The van der Waals surface area contributed by atoms with Gasteiger partial charge >= 0.3 is 0 Å². The molecule has 0 unspecified atom stereocenters. The predicted molar refractivity (Wildman–Crippen MR) is 116 cm³/mol. The van der Waals surface area contributed by atoms with Crippen molar-refractivity contribution >= 4 is 17.2 Å². The van der Waals surface area contributed by atoms with Gasteiger partial charge in [-0.15, -0.1) is 0 Å². The zero-order valence-electron chi connectivity index (χ0n) is 16.5. The second kappa shape index (κ2) is 7.60. The van der Waals surface area contributed by atoms with Crippen molar-refractivity contribution in [2.75, 3.05) is 23.7 Å². The molecular weight excluding hydrogens is 362 g/mol. The minimum Gasteiger partial charge on any atom is -0.397 e. The van der Waals surface area contributed by atoms with E-state index in [0.29, 0.717) is 16.9 Å². The molecule has 1 aliphatic heterocycles. The molecule has 29 heavy (non-hydrogen) atoms. The predicted octanol–water partition coefficient (Wildman–Crippen LogP) is 2.85. The highest BCUT2D eigenvalue weighted by Gasteiger charge is 2.27. The van der Waals surface area contributed by atoms with E-state index in [1.54, 1.807) is 18.6 Å². The number of nitrogens with two attached hydrogens (primary N) is 2. The van der Waals surface area contributed by atoms with Crippen LogP contribution in [-0.4, -0.2) is 39.3 Å². The van der Waals surface area contributed by atoms with Gasteiger partial charge in [0.15, 0.2) is 0 Å². The summed E-state index contributed by atoms with van der Waals surface area (Å²) in [6, 6.07) is 11.3. The van der Waals surface area contributed by atoms with E-state index < -0.39 is 0 Å². The molecule has 148 valence electrons. The standard InChI is InChI=1S/C22H25N7/c1-22(25)8-4-10-29(14-22)20-7-2-6-18(28-20)21(24)16-11-19(27-13-17(16)23)15-5-3-9-26-12-15/h2-3,5-7,9,11-13,24H,4,8,10,14,23,25H2,1H3/t22-/m0/s1. The number of nitrogen functional groups attached to an aromatic ring is 1. The van der Waals surface area contributed by atoms with E-state index in [0.717, 1.165) is 43.0 Å². The third kappa shape index (κ3) is 4.09. The maximum absolute atomic E-state index is 8.73. The molecule has 7 nitrogen and oxygen atoms in total. The Morgan fingerprint density at radius 2 is 2.07 bits per heavy atom. The van der Waals surface area contributed by atoms with Gasteiger partial charge in [0.05, 0.1) is 29.0 Å². The van der Waals surface area contributed by atoms with Gasteiger partial charge in [-0.1, -0.05) is 6.07 Å². The van der Waals surface area contributed by atoms with E-state index in [1.165, 1.54) is 0 Å². The van der Waals surface area contributed by atoms with Gasteiger partial charge in [-0.2, -0.15) is 0 Å². The summed E-state index contributed by atoms with van der Waals surface area (Å²) in [4.78, 5) is 15.5. The summed E-state index contributed by atoms with van der Waals surface area (Å²) in [5.74, 6) is 0.837.